The molecule has 4 rings (SSSR count). The molecule has 39 heavy (non-hydrogen) atoms. The fourth-order valence-corrected chi connectivity index (χ4v) is 4.22. The van der Waals surface area contributed by atoms with Gasteiger partial charge in [-0.05, 0) is 67.4 Å². The summed E-state index contributed by atoms with van der Waals surface area (Å²) in [5.41, 5.74) is 2.20. The van der Waals surface area contributed by atoms with Gasteiger partial charge in [0.05, 0.1) is 18.7 Å². The molecule has 0 atom stereocenters. The first-order valence-corrected chi connectivity index (χ1v) is 12.7. The number of nitrogens with one attached hydrogen (secondary N) is 1. The van der Waals surface area contributed by atoms with Gasteiger partial charge in [-0.2, -0.15) is 13.2 Å². The summed E-state index contributed by atoms with van der Waals surface area (Å²) in [7, 11) is 0. The highest BCUT2D eigenvalue weighted by Gasteiger charge is 2.30. The van der Waals surface area contributed by atoms with E-state index in [2.05, 4.69) is 5.32 Å². The van der Waals surface area contributed by atoms with Crippen molar-refractivity contribution >= 4 is 11.8 Å². The van der Waals surface area contributed by atoms with E-state index in [0.29, 0.717) is 36.5 Å². The number of alkyl halides is 3. The number of aryl methyl sites for hydroxylation is 1. The lowest BCUT2D eigenvalue weighted by molar-refractivity contribution is -0.137. The second-order valence-corrected chi connectivity index (χ2v) is 9.37. The summed E-state index contributed by atoms with van der Waals surface area (Å²) in [6.45, 7) is 5.31. The van der Waals surface area contributed by atoms with Crippen molar-refractivity contribution in [1.29, 1.82) is 0 Å². The van der Waals surface area contributed by atoms with Crippen molar-refractivity contribution < 1.29 is 27.2 Å². The maximum Gasteiger partial charge on any atom is 0.416 e. The minimum atomic E-state index is -4.45. The van der Waals surface area contributed by atoms with E-state index in [1.807, 2.05) is 65.9 Å². The molecule has 9 heteroatoms. The number of nitrogens with zero attached hydrogens (tertiary/aromatic N) is 2. The number of amides is 2. The number of furan rings is 1. The SMILES string of the molecule is CCCN(Cc1cccn1Cc1ccc(C(=O)NCc2cccc(C(F)(F)F)c2)o1)C(=O)c1ccc(C)cc1. The van der Waals surface area contributed by atoms with E-state index in [1.165, 1.54) is 18.2 Å². The summed E-state index contributed by atoms with van der Waals surface area (Å²) in [6.07, 6.45) is -1.75. The molecule has 1 N–H and O–H groups in total. The highest BCUT2D eigenvalue weighted by Crippen LogP contribution is 2.29. The number of carbonyl (C=O) groups is 2. The summed E-state index contributed by atoms with van der Waals surface area (Å²) in [5.74, 6) is 0.0305. The van der Waals surface area contributed by atoms with Gasteiger partial charge in [0.25, 0.3) is 11.8 Å². The fraction of sp³-hybridized carbons (Fsp3) is 0.267. The Morgan fingerprint density at radius 3 is 2.49 bits per heavy atom. The number of halogens is 3. The number of aromatic nitrogens is 1. The molecular weight excluding hydrogens is 507 g/mol. The Hall–Kier alpha value is -4.27. The van der Waals surface area contributed by atoms with Crippen molar-refractivity contribution in [3.05, 3.63) is 118 Å². The van der Waals surface area contributed by atoms with E-state index in [9.17, 15) is 22.8 Å². The molecule has 0 aliphatic rings. The van der Waals surface area contributed by atoms with E-state index in [1.54, 1.807) is 6.07 Å². The quantitative estimate of drug-likeness (QED) is 0.253. The van der Waals surface area contributed by atoms with Crippen molar-refractivity contribution in [2.24, 2.45) is 0 Å². The smallest absolute Gasteiger partial charge is 0.416 e. The summed E-state index contributed by atoms with van der Waals surface area (Å²) >= 11 is 0. The van der Waals surface area contributed by atoms with Crippen LogP contribution in [0.2, 0.25) is 0 Å². The molecule has 4 aromatic rings. The van der Waals surface area contributed by atoms with Crippen molar-refractivity contribution in [2.75, 3.05) is 6.54 Å². The molecule has 0 aliphatic carbocycles. The number of hydrogen-bond acceptors (Lipinski definition) is 3. The molecule has 0 spiro atoms. The van der Waals surface area contributed by atoms with E-state index in [-0.39, 0.29) is 18.2 Å². The first-order chi connectivity index (χ1) is 18.6. The lowest BCUT2D eigenvalue weighted by Crippen LogP contribution is -2.32. The van der Waals surface area contributed by atoms with Crippen molar-refractivity contribution in [2.45, 2.75) is 46.1 Å². The average molecular weight is 538 g/mol. The van der Waals surface area contributed by atoms with Gasteiger partial charge in [0.15, 0.2) is 5.76 Å². The average Bonchev–Trinajstić information content (AvgIpc) is 3.56. The van der Waals surface area contributed by atoms with Crippen LogP contribution in [0.1, 0.15) is 62.4 Å². The molecule has 2 amide bonds. The van der Waals surface area contributed by atoms with Crippen LogP contribution in [0.15, 0.2) is 83.4 Å². The molecule has 2 heterocycles. The molecule has 0 bridgehead atoms. The molecule has 0 aliphatic heterocycles. The topological polar surface area (TPSA) is 67.5 Å². The van der Waals surface area contributed by atoms with Crippen LogP contribution in [-0.4, -0.2) is 27.8 Å². The maximum absolute atomic E-state index is 13.1. The molecule has 0 unspecified atom stereocenters. The second kappa shape index (κ2) is 12.1. The van der Waals surface area contributed by atoms with Crippen LogP contribution in [0.3, 0.4) is 0 Å². The predicted molar refractivity (Wildman–Crippen MR) is 141 cm³/mol. The van der Waals surface area contributed by atoms with Gasteiger partial charge in [-0.15, -0.1) is 0 Å². The fourth-order valence-electron chi connectivity index (χ4n) is 4.22. The summed E-state index contributed by atoms with van der Waals surface area (Å²) in [6, 6.07) is 19.4. The van der Waals surface area contributed by atoms with Gasteiger partial charge >= 0.3 is 6.18 Å². The van der Waals surface area contributed by atoms with Gasteiger partial charge < -0.3 is 19.2 Å². The zero-order valence-electron chi connectivity index (χ0n) is 21.8. The minimum Gasteiger partial charge on any atom is -0.454 e. The number of benzene rings is 2. The third-order valence-electron chi connectivity index (χ3n) is 6.27. The molecule has 6 nitrogen and oxygen atoms in total. The summed E-state index contributed by atoms with van der Waals surface area (Å²) < 4.78 is 46.5. The van der Waals surface area contributed by atoms with Crippen LogP contribution in [-0.2, 0) is 25.8 Å². The summed E-state index contributed by atoms with van der Waals surface area (Å²) in [5, 5.41) is 2.60. The van der Waals surface area contributed by atoms with Crippen LogP contribution in [0.5, 0.6) is 0 Å². The highest BCUT2D eigenvalue weighted by atomic mass is 19.4. The Morgan fingerprint density at radius 1 is 1.00 bits per heavy atom. The minimum absolute atomic E-state index is 0.0395. The molecule has 0 radical (unpaired) electrons. The molecule has 2 aromatic carbocycles. The van der Waals surface area contributed by atoms with Crippen molar-refractivity contribution in [3.8, 4) is 0 Å². The number of rotatable bonds is 10. The van der Waals surface area contributed by atoms with E-state index in [0.717, 1.165) is 29.8 Å². The van der Waals surface area contributed by atoms with Crippen LogP contribution in [0.25, 0.3) is 0 Å². The Kier molecular flexibility index (Phi) is 8.59. The lowest BCUT2D eigenvalue weighted by atomic mass is 10.1. The second-order valence-electron chi connectivity index (χ2n) is 9.37. The molecular formula is C30H30F3N3O3. The van der Waals surface area contributed by atoms with Gasteiger partial charge in [-0.25, -0.2) is 0 Å². The Balaban J connectivity index is 1.39. The van der Waals surface area contributed by atoms with Gasteiger partial charge in [0, 0.05) is 30.5 Å². The van der Waals surface area contributed by atoms with E-state index < -0.39 is 17.6 Å². The van der Waals surface area contributed by atoms with Gasteiger partial charge in [0.1, 0.15) is 5.76 Å². The zero-order chi connectivity index (χ0) is 28.0. The first kappa shape index (κ1) is 27.8. The lowest BCUT2D eigenvalue weighted by Gasteiger charge is -2.23. The van der Waals surface area contributed by atoms with Crippen LogP contribution in [0, 0.1) is 6.92 Å². The maximum atomic E-state index is 13.1. The predicted octanol–water partition coefficient (Wildman–Crippen LogP) is 6.44. The van der Waals surface area contributed by atoms with Gasteiger partial charge in [0.2, 0.25) is 0 Å². The van der Waals surface area contributed by atoms with Gasteiger partial charge in [-0.3, -0.25) is 9.59 Å². The number of carbonyl (C=O) groups excluding carboxylic acids is 2. The zero-order valence-corrected chi connectivity index (χ0v) is 21.8. The first-order valence-electron chi connectivity index (χ1n) is 12.7. The summed E-state index contributed by atoms with van der Waals surface area (Å²) in [4.78, 5) is 27.5. The molecule has 0 saturated carbocycles. The molecule has 0 fully saturated rings. The molecule has 204 valence electrons. The number of hydrogen-bond donors (Lipinski definition) is 1. The van der Waals surface area contributed by atoms with Crippen LogP contribution >= 0.6 is 0 Å². The van der Waals surface area contributed by atoms with Crippen LogP contribution < -0.4 is 5.32 Å². The van der Waals surface area contributed by atoms with Crippen molar-refractivity contribution in [1.82, 2.24) is 14.8 Å². The van der Waals surface area contributed by atoms with Crippen LogP contribution in [0.4, 0.5) is 13.2 Å². The van der Waals surface area contributed by atoms with E-state index in [4.69, 9.17) is 4.42 Å². The highest BCUT2D eigenvalue weighted by molar-refractivity contribution is 5.94. The van der Waals surface area contributed by atoms with E-state index >= 15 is 0 Å². The Morgan fingerprint density at radius 2 is 1.77 bits per heavy atom. The normalized spacial score (nSPS) is 11.4. The monoisotopic (exact) mass is 537 g/mol. The largest absolute Gasteiger partial charge is 0.454 e. The molecule has 2 aromatic heterocycles. The molecule has 0 saturated heterocycles. The van der Waals surface area contributed by atoms with Gasteiger partial charge in [-0.1, -0.05) is 36.8 Å². The standard InChI is InChI=1S/C30H30F3N3O3/c1-3-15-36(29(38)23-11-9-21(2)10-12-23)19-25-8-5-16-35(25)20-26-13-14-27(39-26)28(37)34-18-22-6-4-7-24(17-22)30(31,32)33/h4-14,16-17H,3,15,18-20H2,1-2H3,(H,34,37). The Bertz CT molecular complexity index is 1420. The third-order valence-corrected chi connectivity index (χ3v) is 6.27. The third kappa shape index (κ3) is 7.19. The Labute approximate surface area is 225 Å². The van der Waals surface area contributed by atoms with Crippen molar-refractivity contribution in [3.63, 3.8) is 0 Å².